The summed E-state index contributed by atoms with van der Waals surface area (Å²) in [7, 11) is 1.57. The van der Waals surface area contributed by atoms with Gasteiger partial charge in [-0.15, -0.1) is 0 Å². The number of carbonyl (C=O) groups is 1. The van der Waals surface area contributed by atoms with Crippen LogP contribution in [-0.2, 0) is 4.79 Å². The Morgan fingerprint density at radius 2 is 1.73 bits per heavy atom. The van der Waals surface area contributed by atoms with Gasteiger partial charge < -0.3 is 19.3 Å². The van der Waals surface area contributed by atoms with Crippen molar-refractivity contribution in [1.29, 1.82) is 0 Å². The number of aryl methyl sites for hydroxylation is 2. The Labute approximate surface area is 153 Å². The van der Waals surface area contributed by atoms with Crippen molar-refractivity contribution in [3.8, 4) is 17.2 Å². The van der Waals surface area contributed by atoms with Crippen molar-refractivity contribution < 1.29 is 24.1 Å². The topological polar surface area (TPSA) is 65.0 Å². The van der Waals surface area contributed by atoms with Gasteiger partial charge in [0.25, 0.3) is 0 Å². The van der Waals surface area contributed by atoms with Crippen LogP contribution in [0.5, 0.6) is 17.2 Å². The second-order valence-electron chi connectivity index (χ2n) is 5.93. The van der Waals surface area contributed by atoms with Gasteiger partial charge in [0.15, 0.2) is 0 Å². The summed E-state index contributed by atoms with van der Waals surface area (Å²) >= 11 is 0. The molecule has 0 heterocycles. The molecular weight excluding hydrogens is 332 g/mol. The Kier molecular flexibility index (Phi) is 6.67. The van der Waals surface area contributed by atoms with E-state index in [9.17, 15) is 4.79 Å². The van der Waals surface area contributed by atoms with Gasteiger partial charge in [0.1, 0.15) is 30.5 Å². The zero-order chi connectivity index (χ0) is 19.1. The molecule has 0 spiro atoms. The largest absolute Gasteiger partial charge is 0.497 e. The highest BCUT2D eigenvalue weighted by atomic mass is 16.5. The summed E-state index contributed by atoms with van der Waals surface area (Å²) < 4.78 is 16.9. The molecule has 0 fully saturated rings. The van der Waals surface area contributed by atoms with Crippen LogP contribution in [0.4, 0.5) is 0 Å². The molecular formula is C21H24O5. The minimum atomic E-state index is -1.01. The highest BCUT2D eigenvalue weighted by molar-refractivity contribution is 5.86. The van der Waals surface area contributed by atoms with Crippen LogP contribution < -0.4 is 14.2 Å². The van der Waals surface area contributed by atoms with Gasteiger partial charge in [0.05, 0.1) is 7.11 Å². The minimum absolute atomic E-state index is 0.327. The highest BCUT2D eigenvalue weighted by Crippen LogP contribution is 2.27. The number of aliphatic carboxylic acids is 1. The van der Waals surface area contributed by atoms with Crippen molar-refractivity contribution in [3.05, 3.63) is 58.7 Å². The molecule has 0 radical (unpaired) electrons. The molecule has 138 valence electrons. The first kappa shape index (κ1) is 19.4. The van der Waals surface area contributed by atoms with Gasteiger partial charge in [0.2, 0.25) is 0 Å². The van der Waals surface area contributed by atoms with E-state index < -0.39 is 5.97 Å². The quantitative estimate of drug-likeness (QED) is 0.568. The molecule has 0 amide bonds. The molecule has 2 rings (SSSR count). The van der Waals surface area contributed by atoms with Crippen molar-refractivity contribution >= 4 is 12.0 Å². The summed E-state index contributed by atoms with van der Waals surface area (Å²) in [6, 6.07) is 9.35. The number of benzene rings is 2. The normalized spacial score (nSPS) is 10.8. The van der Waals surface area contributed by atoms with Gasteiger partial charge in [-0.1, -0.05) is 12.1 Å². The predicted octanol–water partition coefficient (Wildman–Crippen LogP) is 4.18. The molecule has 0 saturated carbocycles. The van der Waals surface area contributed by atoms with Crippen molar-refractivity contribution in [2.24, 2.45) is 0 Å². The maximum Gasteiger partial charge on any atom is 0.328 e. The summed E-state index contributed by atoms with van der Waals surface area (Å²) in [4.78, 5) is 10.7. The third-order valence-corrected chi connectivity index (χ3v) is 4.09. The summed E-state index contributed by atoms with van der Waals surface area (Å²) in [6.45, 7) is 6.81. The fraction of sp³-hybridized carbons (Fsp3) is 0.286. The lowest BCUT2D eigenvalue weighted by atomic mass is 10.1. The number of methoxy groups -OCH3 is 1. The smallest absolute Gasteiger partial charge is 0.328 e. The van der Waals surface area contributed by atoms with Gasteiger partial charge in [-0.25, -0.2) is 4.79 Å². The van der Waals surface area contributed by atoms with Crippen LogP contribution in [-0.4, -0.2) is 31.4 Å². The SMILES string of the molecule is COc1ccc(C=CC(=O)O)c(OCCOc2c(C)ccc(C)c2C)c1. The van der Waals surface area contributed by atoms with E-state index in [1.165, 1.54) is 11.6 Å². The van der Waals surface area contributed by atoms with Crippen LogP contribution in [0.15, 0.2) is 36.4 Å². The molecule has 1 N–H and O–H groups in total. The van der Waals surface area contributed by atoms with E-state index in [4.69, 9.17) is 19.3 Å². The molecule has 0 saturated heterocycles. The molecule has 2 aromatic carbocycles. The number of carboxylic acids is 1. The first-order valence-electron chi connectivity index (χ1n) is 8.34. The van der Waals surface area contributed by atoms with Crippen LogP contribution in [0, 0.1) is 20.8 Å². The Bertz CT molecular complexity index is 808. The zero-order valence-corrected chi connectivity index (χ0v) is 15.5. The summed E-state index contributed by atoms with van der Waals surface area (Å²) in [5.74, 6) is 1.05. The standard InChI is InChI=1S/C21H24O5/c1-14-5-6-15(2)21(16(14)3)26-12-11-25-19-13-18(24-4)9-7-17(19)8-10-20(22)23/h5-10,13H,11-12H2,1-4H3,(H,22,23). The van der Waals surface area contributed by atoms with Gasteiger partial charge in [-0.3, -0.25) is 0 Å². The molecule has 0 unspecified atom stereocenters. The van der Waals surface area contributed by atoms with Crippen LogP contribution in [0.3, 0.4) is 0 Å². The van der Waals surface area contributed by atoms with Crippen LogP contribution in [0.25, 0.3) is 6.08 Å². The fourth-order valence-electron chi connectivity index (χ4n) is 2.51. The van der Waals surface area contributed by atoms with Gasteiger partial charge in [-0.2, -0.15) is 0 Å². The Morgan fingerprint density at radius 3 is 2.42 bits per heavy atom. The molecule has 5 heteroatoms. The molecule has 26 heavy (non-hydrogen) atoms. The number of ether oxygens (including phenoxy) is 3. The molecule has 2 aromatic rings. The first-order chi connectivity index (χ1) is 12.4. The van der Waals surface area contributed by atoms with Gasteiger partial charge >= 0.3 is 5.97 Å². The second kappa shape index (κ2) is 8.94. The van der Waals surface area contributed by atoms with Gasteiger partial charge in [-0.05, 0) is 55.7 Å². The molecule has 0 aliphatic heterocycles. The monoisotopic (exact) mass is 356 g/mol. The van der Waals surface area contributed by atoms with E-state index in [1.54, 1.807) is 25.3 Å². The molecule has 0 atom stereocenters. The average Bonchev–Trinajstić information content (AvgIpc) is 2.62. The Morgan fingerprint density at radius 1 is 1.04 bits per heavy atom. The Hall–Kier alpha value is -2.95. The minimum Gasteiger partial charge on any atom is -0.497 e. The molecule has 0 bridgehead atoms. The summed E-state index contributed by atoms with van der Waals surface area (Å²) in [5, 5.41) is 8.81. The summed E-state index contributed by atoms with van der Waals surface area (Å²) in [6.07, 6.45) is 2.57. The molecule has 0 aliphatic rings. The van der Waals surface area contributed by atoms with E-state index in [0.29, 0.717) is 30.3 Å². The molecule has 0 aromatic heterocycles. The lowest BCUT2D eigenvalue weighted by molar-refractivity contribution is -0.131. The van der Waals surface area contributed by atoms with Crippen molar-refractivity contribution in [1.82, 2.24) is 0 Å². The third-order valence-electron chi connectivity index (χ3n) is 4.09. The number of rotatable bonds is 8. The van der Waals surface area contributed by atoms with E-state index in [0.717, 1.165) is 23.0 Å². The number of hydrogen-bond acceptors (Lipinski definition) is 4. The van der Waals surface area contributed by atoms with E-state index in [1.807, 2.05) is 19.9 Å². The van der Waals surface area contributed by atoms with Crippen LogP contribution in [0.1, 0.15) is 22.3 Å². The lowest BCUT2D eigenvalue weighted by Gasteiger charge is -2.15. The van der Waals surface area contributed by atoms with E-state index in [2.05, 4.69) is 13.0 Å². The van der Waals surface area contributed by atoms with Crippen LogP contribution >= 0.6 is 0 Å². The Balaban J connectivity index is 2.05. The van der Waals surface area contributed by atoms with Crippen molar-refractivity contribution in [3.63, 3.8) is 0 Å². The zero-order valence-electron chi connectivity index (χ0n) is 15.5. The molecule has 0 aliphatic carbocycles. The molecule has 5 nitrogen and oxygen atoms in total. The van der Waals surface area contributed by atoms with E-state index in [-0.39, 0.29) is 0 Å². The maximum atomic E-state index is 10.7. The predicted molar refractivity (Wildman–Crippen MR) is 101 cm³/mol. The average molecular weight is 356 g/mol. The van der Waals surface area contributed by atoms with E-state index >= 15 is 0 Å². The fourth-order valence-corrected chi connectivity index (χ4v) is 2.51. The van der Waals surface area contributed by atoms with Gasteiger partial charge in [0, 0.05) is 17.7 Å². The van der Waals surface area contributed by atoms with Crippen molar-refractivity contribution in [2.75, 3.05) is 20.3 Å². The second-order valence-corrected chi connectivity index (χ2v) is 5.93. The lowest BCUT2D eigenvalue weighted by Crippen LogP contribution is -2.11. The first-order valence-corrected chi connectivity index (χ1v) is 8.34. The number of carboxylic acid groups (broad SMARTS) is 1. The maximum absolute atomic E-state index is 10.7. The number of hydrogen-bond donors (Lipinski definition) is 1. The van der Waals surface area contributed by atoms with Crippen LogP contribution in [0.2, 0.25) is 0 Å². The van der Waals surface area contributed by atoms with Crippen molar-refractivity contribution in [2.45, 2.75) is 20.8 Å². The third kappa shape index (κ3) is 5.02. The summed E-state index contributed by atoms with van der Waals surface area (Å²) in [5.41, 5.74) is 4.05. The highest BCUT2D eigenvalue weighted by Gasteiger charge is 2.08.